The van der Waals surface area contributed by atoms with Crippen LogP contribution in [-0.2, 0) is 13.0 Å². The average Bonchev–Trinajstić information content (AvgIpc) is 3.12. The number of aromatic nitrogens is 2. The Kier molecular flexibility index (Phi) is 4.65. The standard InChI is InChI=1S/C18H28N4O2/c1-18(2,3)21-17(24)15-20-14(13-10-6-7-11-22(13)15)16(23)19-12-8-4-5-9-12/h12H,4-11H2,1-3H3,(H,19,23)(H,21,24). The Labute approximate surface area is 143 Å². The quantitative estimate of drug-likeness (QED) is 0.892. The summed E-state index contributed by atoms with van der Waals surface area (Å²) in [5, 5.41) is 6.06. The average molecular weight is 332 g/mol. The van der Waals surface area contributed by atoms with Crippen molar-refractivity contribution in [1.29, 1.82) is 0 Å². The fourth-order valence-corrected chi connectivity index (χ4v) is 3.62. The number of hydrogen-bond donors (Lipinski definition) is 2. The maximum atomic E-state index is 12.7. The number of carbonyl (C=O) groups is 2. The van der Waals surface area contributed by atoms with Gasteiger partial charge in [0.2, 0.25) is 0 Å². The Morgan fingerprint density at radius 3 is 2.46 bits per heavy atom. The summed E-state index contributed by atoms with van der Waals surface area (Å²) in [7, 11) is 0. The van der Waals surface area contributed by atoms with Gasteiger partial charge in [0, 0.05) is 18.1 Å². The molecule has 1 aliphatic carbocycles. The molecule has 0 radical (unpaired) electrons. The van der Waals surface area contributed by atoms with Gasteiger partial charge in [-0.1, -0.05) is 12.8 Å². The summed E-state index contributed by atoms with van der Waals surface area (Å²) in [5.41, 5.74) is 1.03. The van der Waals surface area contributed by atoms with Crippen molar-refractivity contribution in [3.63, 3.8) is 0 Å². The molecule has 0 saturated heterocycles. The van der Waals surface area contributed by atoms with E-state index in [1.54, 1.807) is 0 Å². The SMILES string of the molecule is CC(C)(C)NC(=O)c1nc(C(=O)NC2CCCC2)c2n1CCCC2. The van der Waals surface area contributed by atoms with Gasteiger partial charge in [-0.05, 0) is 52.9 Å². The summed E-state index contributed by atoms with van der Waals surface area (Å²) in [5.74, 6) is 0.0455. The van der Waals surface area contributed by atoms with Gasteiger partial charge in [-0.25, -0.2) is 4.98 Å². The molecular weight excluding hydrogens is 304 g/mol. The number of nitrogens with one attached hydrogen (secondary N) is 2. The molecule has 1 saturated carbocycles. The Morgan fingerprint density at radius 1 is 1.08 bits per heavy atom. The molecule has 24 heavy (non-hydrogen) atoms. The Balaban J connectivity index is 1.86. The number of amides is 2. The number of nitrogens with zero attached hydrogens (tertiary/aromatic N) is 2. The van der Waals surface area contributed by atoms with Crippen LogP contribution >= 0.6 is 0 Å². The van der Waals surface area contributed by atoms with Gasteiger partial charge in [0.25, 0.3) is 11.8 Å². The lowest BCUT2D eigenvalue weighted by molar-refractivity contribution is 0.0903. The Morgan fingerprint density at radius 2 is 1.79 bits per heavy atom. The minimum Gasteiger partial charge on any atom is -0.348 e. The van der Waals surface area contributed by atoms with Crippen LogP contribution < -0.4 is 10.6 Å². The highest BCUT2D eigenvalue weighted by atomic mass is 16.2. The van der Waals surface area contributed by atoms with Crippen LogP contribution in [-0.4, -0.2) is 32.9 Å². The molecule has 2 aliphatic rings. The summed E-state index contributed by atoms with van der Waals surface area (Å²) in [6, 6.07) is 0.255. The zero-order chi connectivity index (χ0) is 17.3. The zero-order valence-electron chi connectivity index (χ0n) is 14.9. The second-order valence-corrected chi connectivity index (χ2v) is 8.00. The third-order valence-corrected chi connectivity index (χ3v) is 4.71. The third kappa shape index (κ3) is 3.62. The Hall–Kier alpha value is -1.85. The van der Waals surface area contributed by atoms with Gasteiger partial charge < -0.3 is 15.2 Å². The molecule has 132 valence electrons. The summed E-state index contributed by atoms with van der Waals surface area (Å²) in [6.07, 6.45) is 7.29. The Bertz CT molecular complexity index is 636. The predicted molar refractivity (Wildman–Crippen MR) is 92.1 cm³/mol. The lowest BCUT2D eigenvalue weighted by Crippen LogP contribution is -2.42. The van der Waals surface area contributed by atoms with Crippen LogP contribution in [0, 0.1) is 0 Å². The van der Waals surface area contributed by atoms with Crippen molar-refractivity contribution in [3.05, 3.63) is 17.2 Å². The molecule has 2 N–H and O–H groups in total. The second-order valence-electron chi connectivity index (χ2n) is 8.00. The molecule has 2 amide bonds. The van der Waals surface area contributed by atoms with E-state index in [9.17, 15) is 9.59 Å². The number of fused-ring (bicyclic) bond motifs is 1. The van der Waals surface area contributed by atoms with Gasteiger partial charge in [0.1, 0.15) is 5.69 Å². The lowest BCUT2D eigenvalue weighted by Gasteiger charge is -2.22. The molecule has 6 heteroatoms. The van der Waals surface area contributed by atoms with E-state index in [0.717, 1.165) is 44.3 Å². The first-order valence-corrected chi connectivity index (χ1v) is 9.08. The van der Waals surface area contributed by atoms with Crippen LogP contribution in [0.4, 0.5) is 0 Å². The first kappa shape index (κ1) is 17.0. The largest absolute Gasteiger partial charge is 0.348 e. The highest BCUT2D eigenvalue weighted by Crippen LogP contribution is 2.23. The van der Waals surface area contributed by atoms with Crippen LogP contribution in [0.3, 0.4) is 0 Å². The lowest BCUT2D eigenvalue weighted by atomic mass is 10.1. The normalized spacial score (nSPS) is 18.3. The van der Waals surface area contributed by atoms with E-state index >= 15 is 0 Å². The van der Waals surface area contributed by atoms with Crippen molar-refractivity contribution in [1.82, 2.24) is 20.2 Å². The van der Waals surface area contributed by atoms with Gasteiger partial charge in [-0.3, -0.25) is 9.59 Å². The van der Waals surface area contributed by atoms with E-state index in [1.165, 1.54) is 12.8 Å². The van der Waals surface area contributed by atoms with Crippen LogP contribution in [0.25, 0.3) is 0 Å². The van der Waals surface area contributed by atoms with E-state index in [-0.39, 0.29) is 23.4 Å². The first-order chi connectivity index (χ1) is 11.3. The molecule has 0 atom stereocenters. The summed E-state index contributed by atoms with van der Waals surface area (Å²) >= 11 is 0. The zero-order valence-corrected chi connectivity index (χ0v) is 14.9. The molecule has 0 unspecified atom stereocenters. The second kappa shape index (κ2) is 6.57. The highest BCUT2D eigenvalue weighted by Gasteiger charge is 2.30. The number of hydrogen-bond acceptors (Lipinski definition) is 3. The molecule has 0 aromatic carbocycles. The summed E-state index contributed by atoms with van der Waals surface area (Å²) in [4.78, 5) is 29.7. The number of rotatable bonds is 3. The van der Waals surface area contributed by atoms with E-state index in [4.69, 9.17) is 0 Å². The van der Waals surface area contributed by atoms with Gasteiger partial charge in [-0.2, -0.15) is 0 Å². The molecule has 1 fully saturated rings. The third-order valence-electron chi connectivity index (χ3n) is 4.71. The monoisotopic (exact) mass is 332 g/mol. The van der Waals surface area contributed by atoms with Crippen molar-refractivity contribution in [2.45, 2.75) is 83.8 Å². The predicted octanol–water partition coefficient (Wildman–Crippen LogP) is 2.42. The van der Waals surface area contributed by atoms with Crippen LogP contribution in [0.1, 0.15) is 86.1 Å². The van der Waals surface area contributed by atoms with E-state index < -0.39 is 0 Å². The van der Waals surface area contributed by atoms with Crippen molar-refractivity contribution < 1.29 is 9.59 Å². The smallest absolute Gasteiger partial charge is 0.287 e. The number of imidazole rings is 1. The summed E-state index contributed by atoms with van der Waals surface area (Å²) < 4.78 is 1.94. The maximum absolute atomic E-state index is 12.7. The molecule has 6 nitrogen and oxygen atoms in total. The first-order valence-electron chi connectivity index (χ1n) is 9.08. The van der Waals surface area contributed by atoms with Gasteiger partial charge in [0.15, 0.2) is 5.82 Å². The minimum atomic E-state index is -0.329. The molecule has 2 heterocycles. The molecule has 3 rings (SSSR count). The van der Waals surface area contributed by atoms with Crippen molar-refractivity contribution in [3.8, 4) is 0 Å². The van der Waals surface area contributed by atoms with Crippen LogP contribution in [0.15, 0.2) is 0 Å². The minimum absolute atomic E-state index is 0.123. The topological polar surface area (TPSA) is 76.0 Å². The number of carbonyl (C=O) groups excluding carboxylic acids is 2. The highest BCUT2D eigenvalue weighted by molar-refractivity contribution is 5.97. The van der Waals surface area contributed by atoms with Gasteiger partial charge in [0.05, 0.1) is 5.69 Å². The van der Waals surface area contributed by atoms with E-state index in [0.29, 0.717) is 11.5 Å². The van der Waals surface area contributed by atoms with Crippen LogP contribution in [0.5, 0.6) is 0 Å². The molecule has 1 aliphatic heterocycles. The van der Waals surface area contributed by atoms with Gasteiger partial charge >= 0.3 is 0 Å². The molecule has 1 aromatic rings. The van der Waals surface area contributed by atoms with Crippen molar-refractivity contribution in [2.75, 3.05) is 0 Å². The molecule has 0 spiro atoms. The van der Waals surface area contributed by atoms with Gasteiger partial charge in [-0.15, -0.1) is 0 Å². The molecule has 1 aromatic heterocycles. The fourth-order valence-electron chi connectivity index (χ4n) is 3.62. The maximum Gasteiger partial charge on any atom is 0.287 e. The molecular formula is C18H28N4O2. The van der Waals surface area contributed by atoms with Crippen molar-refractivity contribution >= 4 is 11.8 Å². The van der Waals surface area contributed by atoms with E-state index in [1.807, 2.05) is 25.3 Å². The summed E-state index contributed by atoms with van der Waals surface area (Å²) in [6.45, 7) is 6.59. The van der Waals surface area contributed by atoms with Crippen molar-refractivity contribution in [2.24, 2.45) is 0 Å². The molecule has 0 bridgehead atoms. The fraction of sp³-hybridized carbons (Fsp3) is 0.722. The van der Waals surface area contributed by atoms with E-state index in [2.05, 4.69) is 15.6 Å². The van der Waals surface area contributed by atoms with Crippen LogP contribution in [0.2, 0.25) is 0 Å².